The highest BCUT2D eigenvalue weighted by atomic mass is 32.1. The number of carbonyl (C=O) groups is 1. The number of hydrogen-bond donors (Lipinski definition) is 2. The van der Waals surface area contributed by atoms with Gasteiger partial charge >= 0.3 is 0 Å². The van der Waals surface area contributed by atoms with E-state index in [4.69, 9.17) is 4.98 Å². The third-order valence-corrected chi connectivity index (χ3v) is 5.72. The van der Waals surface area contributed by atoms with Gasteiger partial charge in [0.15, 0.2) is 5.13 Å². The molecule has 4 rings (SSSR count). The van der Waals surface area contributed by atoms with E-state index in [1.807, 2.05) is 38.1 Å². The number of thiazole rings is 1. The summed E-state index contributed by atoms with van der Waals surface area (Å²) in [7, 11) is 0. The smallest absolute Gasteiger partial charge is 0.243 e. The topological polar surface area (TPSA) is 83.0 Å². The fourth-order valence-corrected chi connectivity index (χ4v) is 4.36. The molecule has 7 nitrogen and oxygen atoms in total. The molecule has 1 amide bonds. The Kier molecular flexibility index (Phi) is 4.89. The summed E-state index contributed by atoms with van der Waals surface area (Å²) >= 11 is 1.68. The first-order chi connectivity index (χ1) is 13.1. The van der Waals surface area contributed by atoms with Crippen LogP contribution < -0.4 is 15.8 Å². The van der Waals surface area contributed by atoms with Crippen LogP contribution in [0.3, 0.4) is 0 Å². The standard InChI is InChI=1S/C19H22N6OS/c1-12-10-13(2)21-18(20-12)24-23-17(26)14-6-5-9-25(11-14)19-22-15-7-3-4-8-16(15)27-19/h3-4,7-8,10,14H,5-6,9,11H2,1-2H3,(H,23,26)(H,20,21,24). The molecule has 0 radical (unpaired) electrons. The van der Waals surface area contributed by atoms with Gasteiger partial charge in [-0.1, -0.05) is 23.5 Å². The summed E-state index contributed by atoms with van der Waals surface area (Å²) in [5.41, 5.74) is 8.34. The van der Waals surface area contributed by atoms with Crippen molar-refractivity contribution in [1.29, 1.82) is 0 Å². The second kappa shape index (κ2) is 7.48. The molecule has 1 aromatic carbocycles. The molecule has 27 heavy (non-hydrogen) atoms. The highest BCUT2D eigenvalue weighted by molar-refractivity contribution is 7.22. The Hall–Kier alpha value is -2.74. The molecule has 1 saturated heterocycles. The molecule has 1 fully saturated rings. The van der Waals surface area contributed by atoms with Gasteiger partial charge in [0.2, 0.25) is 11.9 Å². The largest absolute Gasteiger partial charge is 0.347 e. The zero-order valence-corrected chi connectivity index (χ0v) is 16.2. The summed E-state index contributed by atoms with van der Waals surface area (Å²) in [6.45, 7) is 5.40. The number of hydrogen-bond acceptors (Lipinski definition) is 7. The molecule has 0 bridgehead atoms. The molecule has 3 heterocycles. The van der Waals surface area contributed by atoms with Crippen LogP contribution in [0, 0.1) is 19.8 Å². The third-order valence-electron chi connectivity index (χ3n) is 4.63. The number of anilines is 2. The van der Waals surface area contributed by atoms with Gasteiger partial charge in [-0.05, 0) is 44.9 Å². The van der Waals surface area contributed by atoms with Gasteiger partial charge in [-0.2, -0.15) is 0 Å². The second-order valence-corrected chi connectivity index (χ2v) is 7.85. The fourth-order valence-electron chi connectivity index (χ4n) is 3.36. The van der Waals surface area contributed by atoms with E-state index < -0.39 is 0 Å². The van der Waals surface area contributed by atoms with Crippen molar-refractivity contribution in [3.63, 3.8) is 0 Å². The first kappa shape index (κ1) is 17.7. The third kappa shape index (κ3) is 4.00. The molecule has 8 heteroatoms. The van der Waals surface area contributed by atoms with Gasteiger partial charge in [-0.3, -0.25) is 15.6 Å². The lowest BCUT2D eigenvalue weighted by Crippen LogP contribution is -2.44. The van der Waals surface area contributed by atoms with Gasteiger partial charge in [0, 0.05) is 24.5 Å². The SMILES string of the molecule is Cc1cc(C)nc(NNC(=O)C2CCCN(c3nc4ccccc4s3)C2)n1. The molecule has 0 aliphatic carbocycles. The van der Waals surface area contributed by atoms with Crippen molar-refractivity contribution in [2.24, 2.45) is 5.92 Å². The Labute approximate surface area is 161 Å². The Morgan fingerprint density at radius 3 is 2.74 bits per heavy atom. The summed E-state index contributed by atoms with van der Waals surface area (Å²) in [5.74, 6) is 0.285. The van der Waals surface area contributed by atoms with E-state index in [2.05, 4.69) is 31.8 Å². The minimum absolute atomic E-state index is 0.0384. The van der Waals surface area contributed by atoms with Crippen LogP contribution in [-0.4, -0.2) is 33.9 Å². The van der Waals surface area contributed by atoms with Crippen molar-refractivity contribution in [2.75, 3.05) is 23.4 Å². The lowest BCUT2D eigenvalue weighted by atomic mass is 9.98. The number of benzene rings is 1. The van der Waals surface area contributed by atoms with E-state index in [1.165, 1.54) is 4.70 Å². The molecule has 1 aliphatic heterocycles. The molecular formula is C19H22N6OS. The molecule has 1 aliphatic rings. The van der Waals surface area contributed by atoms with E-state index in [9.17, 15) is 4.79 Å². The zero-order valence-electron chi connectivity index (χ0n) is 15.4. The van der Waals surface area contributed by atoms with Crippen molar-refractivity contribution in [3.05, 3.63) is 41.7 Å². The number of hydrazine groups is 1. The molecule has 0 saturated carbocycles. The monoisotopic (exact) mass is 382 g/mol. The van der Waals surface area contributed by atoms with Gasteiger partial charge < -0.3 is 4.90 Å². The van der Waals surface area contributed by atoms with E-state index in [0.29, 0.717) is 12.5 Å². The van der Waals surface area contributed by atoms with Crippen molar-refractivity contribution < 1.29 is 4.79 Å². The number of aryl methyl sites for hydroxylation is 2. The van der Waals surface area contributed by atoms with Crippen LogP contribution in [0.4, 0.5) is 11.1 Å². The molecule has 1 unspecified atom stereocenters. The lowest BCUT2D eigenvalue weighted by Gasteiger charge is -2.31. The van der Waals surface area contributed by atoms with Crippen LogP contribution in [0.2, 0.25) is 0 Å². The minimum atomic E-state index is -0.0934. The molecular weight excluding hydrogens is 360 g/mol. The molecule has 140 valence electrons. The maximum Gasteiger partial charge on any atom is 0.243 e. The van der Waals surface area contributed by atoms with Crippen LogP contribution in [0.1, 0.15) is 24.2 Å². The number of amides is 1. The summed E-state index contributed by atoms with van der Waals surface area (Å²) in [5, 5.41) is 0.985. The van der Waals surface area contributed by atoms with Gasteiger partial charge in [0.05, 0.1) is 16.1 Å². The predicted molar refractivity (Wildman–Crippen MR) is 108 cm³/mol. The number of aromatic nitrogens is 3. The maximum absolute atomic E-state index is 12.6. The van der Waals surface area contributed by atoms with E-state index in [0.717, 1.165) is 41.4 Å². The quantitative estimate of drug-likeness (QED) is 0.675. The van der Waals surface area contributed by atoms with Crippen molar-refractivity contribution >= 4 is 38.5 Å². The van der Waals surface area contributed by atoms with Crippen molar-refractivity contribution in [3.8, 4) is 0 Å². The first-order valence-electron chi connectivity index (χ1n) is 9.07. The molecule has 1 atom stereocenters. The number of fused-ring (bicyclic) bond motifs is 1. The van der Waals surface area contributed by atoms with Gasteiger partial charge in [0.25, 0.3) is 0 Å². The highest BCUT2D eigenvalue weighted by Crippen LogP contribution is 2.31. The summed E-state index contributed by atoms with van der Waals surface area (Å²) < 4.78 is 1.17. The normalized spacial score (nSPS) is 17.1. The Morgan fingerprint density at radius 1 is 1.19 bits per heavy atom. The summed E-state index contributed by atoms with van der Waals surface area (Å²) in [4.78, 5) is 28.1. The number of nitrogens with one attached hydrogen (secondary N) is 2. The number of rotatable bonds is 4. The summed E-state index contributed by atoms with van der Waals surface area (Å²) in [6, 6.07) is 10.0. The van der Waals surface area contributed by atoms with Gasteiger partial charge in [0.1, 0.15) is 0 Å². The lowest BCUT2D eigenvalue weighted by molar-refractivity contribution is -0.124. The molecule has 2 aromatic heterocycles. The molecule has 0 spiro atoms. The second-order valence-electron chi connectivity index (χ2n) is 6.84. The van der Waals surface area contributed by atoms with Gasteiger partial charge in [-0.15, -0.1) is 0 Å². The maximum atomic E-state index is 12.6. The van der Waals surface area contributed by atoms with Crippen LogP contribution in [0.15, 0.2) is 30.3 Å². The Balaban J connectivity index is 1.40. The van der Waals surface area contributed by atoms with E-state index >= 15 is 0 Å². The van der Waals surface area contributed by atoms with Crippen LogP contribution in [0.5, 0.6) is 0 Å². The number of para-hydroxylation sites is 1. The minimum Gasteiger partial charge on any atom is -0.347 e. The Morgan fingerprint density at radius 2 is 1.96 bits per heavy atom. The molecule has 3 aromatic rings. The number of carbonyl (C=O) groups excluding carboxylic acids is 1. The van der Waals surface area contributed by atoms with Crippen molar-refractivity contribution in [2.45, 2.75) is 26.7 Å². The van der Waals surface area contributed by atoms with Crippen LogP contribution in [0.25, 0.3) is 10.2 Å². The van der Waals surface area contributed by atoms with E-state index in [1.54, 1.807) is 11.3 Å². The average molecular weight is 382 g/mol. The van der Waals surface area contributed by atoms with Crippen LogP contribution >= 0.6 is 11.3 Å². The Bertz CT molecular complexity index is 918. The van der Waals surface area contributed by atoms with Crippen molar-refractivity contribution in [1.82, 2.24) is 20.4 Å². The number of piperidine rings is 1. The van der Waals surface area contributed by atoms with Gasteiger partial charge in [-0.25, -0.2) is 15.0 Å². The summed E-state index contributed by atoms with van der Waals surface area (Å²) in [6.07, 6.45) is 1.83. The predicted octanol–water partition coefficient (Wildman–Crippen LogP) is 3.06. The highest BCUT2D eigenvalue weighted by Gasteiger charge is 2.27. The van der Waals surface area contributed by atoms with Crippen LogP contribution in [-0.2, 0) is 4.79 Å². The molecule has 2 N–H and O–H groups in total. The average Bonchev–Trinajstić information content (AvgIpc) is 3.10. The number of nitrogens with zero attached hydrogens (tertiary/aromatic N) is 4. The zero-order chi connectivity index (χ0) is 18.8. The fraction of sp³-hybridized carbons (Fsp3) is 0.368. The van der Waals surface area contributed by atoms with E-state index in [-0.39, 0.29) is 11.8 Å². The first-order valence-corrected chi connectivity index (χ1v) is 9.89.